The zero-order valence-electron chi connectivity index (χ0n) is 14.4. The lowest BCUT2D eigenvalue weighted by atomic mass is 9.92. The minimum absolute atomic E-state index is 0.0429. The third kappa shape index (κ3) is 3.77. The molecule has 1 atom stereocenters. The third-order valence-corrected chi connectivity index (χ3v) is 6.03. The van der Waals surface area contributed by atoms with E-state index in [1.807, 2.05) is 0 Å². The van der Waals surface area contributed by atoms with Crippen LogP contribution in [0.15, 0.2) is 0 Å². The molecule has 0 radical (unpaired) electrons. The molecule has 1 aromatic heterocycles. The van der Waals surface area contributed by atoms with Gasteiger partial charge in [0.2, 0.25) is 11.0 Å². The summed E-state index contributed by atoms with van der Waals surface area (Å²) in [6.07, 6.45) is 4.38. The van der Waals surface area contributed by atoms with Gasteiger partial charge in [-0.05, 0) is 32.2 Å². The van der Waals surface area contributed by atoms with Crippen molar-refractivity contribution in [1.82, 2.24) is 20.0 Å². The lowest BCUT2D eigenvalue weighted by molar-refractivity contribution is -0.116. The van der Waals surface area contributed by atoms with E-state index in [1.165, 1.54) is 24.2 Å². The van der Waals surface area contributed by atoms with Crippen LogP contribution in [0.25, 0.3) is 0 Å². The zero-order chi connectivity index (χ0) is 17.4. The van der Waals surface area contributed by atoms with Gasteiger partial charge < -0.3 is 15.0 Å². The quantitative estimate of drug-likeness (QED) is 0.854. The summed E-state index contributed by atoms with van der Waals surface area (Å²) in [6.45, 7) is 2.91. The summed E-state index contributed by atoms with van der Waals surface area (Å²) in [4.78, 5) is 27.7. The van der Waals surface area contributed by atoms with Crippen molar-refractivity contribution >= 4 is 28.5 Å². The van der Waals surface area contributed by atoms with Crippen molar-refractivity contribution in [2.24, 2.45) is 0 Å². The summed E-state index contributed by atoms with van der Waals surface area (Å²) in [5.41, 5.74) is -0.404. The van der Waals surface area contributed by atoms with Crippen LogP contribution in [0.1, 0.15) is 43.0 Å². The maximum absolute atomic E-state index is 12.2. The van der Waals surface area contributed by atoms with Crippen LogP contribution < -0.4 is 5.32 Å². The van der Waals surface area contributed by atoms with E-state index >= 15 is 0 Å². The Morgan fingerprint density at radius 1 is 1.40 bits per heavy atom. The van der Waals surface area contributed by atoms with E-state index in [9.17, 15) is 9.59 Å². The molecule has 136 valence electrons. The number of hydrogen-bond acceptors (Lipinski definition) is 7. The molecular formula is C16H23N5O3S. The Bertz CT molecular complexity index is 676. The number of likely N-dealkylation sites (N-methyl/N-ethyl adjacent to an activating group) is 1. The largest absolute Gasteiger partial charge is 0.440 e. The Hall–Kier alpha value is -1.74. The van der Waals surface area contributed by atoms with Crippen molar-refractivity contribution in [3.63, 3.8) is 0 Å². The van der Waals surface area contributed by atoms with Gasteiger partial charge in [0.15, 0.2) is 0 Å². The number of likely N-dealkylation sites (tertiary alicyclic amines) is 1. The van der Waals surface area contributed by atoms with Gasteiger partial charge in [-0.3, -0.25) is 9.69 Å². The summed E-state index contributed by atoms with van der Waals surface area (Å²) < 4.78 is 5.59. The van der Waals surface area contributed by atoms with Gasteiger partial charge in [0.1, 0.15) is 10.6 Å². The highest BCUT2D eigenvalue weighted by Crippen LogP contribution is 2.42. The highest BCUT2D eigenvalue weighted by Gasteiger charge is 2.46. The molecule has 9 heteroatoms. The van der Waals surface area contributed by atoms with Gasteiger partial charge in [0, 0.05) is 32.5 Å². The van der Waals surface area contributed by atoms with E-state index < -0.39 is 5.60 Å². The van der Waals surface area contributed by atoms with Crippen molar-refractivity contribution in [3.05, 3.63) is 5.01 Å². The number of piperidine rings is 1. The normalized spacial score (nSPS) is 26.9. The van der Waals surface area contributed by atoms with Crippen LogP contribution in [-0.2, 0) is 9.53 Å². The lowest BCUT2D eigenvalue weighted by Crippen LogP contribution is -2.50. The molecular weight excluding hydrogens is 342 g/mol. The smallest absolute Gasteiger partial charge is 0.410 e. The second-order valence-corrected chi connectivity index (χ2v) is 8.31. The molecule has 2 saturated heterocycles. The van der Waals surface area contributed by atoms with Gasteiger partial charge >= 0.3 is 6.09 Å². The van der Waals surface area contributed by atoms with Gasteiger partial charge in [0.05, 0.1) is 6.54 Å². The van der Waals surface area contributed by atoms with Crippen LogP contribution in [0.2, 0.25) is 0 Å². The topological polar surface area (TPSA) is 87.7 Å². The van der Waals surface area contributed by atoms with Gasteiger partial charge in [-0.2, -0.15) is 0 Å². The van der Waals surface area contributed by atoms with Gasteiger partial charge in [-0.25, -0.2) is 4.79 Å². The minimum atomic E-state index is -0.404. The van der Waals surface area contributed by atoms with Crippen molar-refractivity contribution in [1.29, 1.82) is 0 Å². The fraction of sp³-hybridized carbons (Fsp3) is 0.750. The number of hydrogen-bond donors (Lipinski definition) is 1. The van der Waals surface area contributed by atoms with Crippen LogP contribution in [0.3, 0.4) is 0 Å². The molecule has 0 bridgehead atoms. The summed E-state index contributed by atoms with van der Waals surface area (Å²) in [5.74, 6) is 0.513. The minimum Gasteiger partial charge on any atom is -0.440 e. The molecule has 1 aliphatic carbocycles. The number of rotatable bonds is 5. The summed E-state index contributed by atoms with van der Waals surface area (Å²) in [5, 5.41) is 12.6. The monoisotopic (exact) mass is 365 g/mol. The Balaban J connectivity index is 1.26. The molecule has 3 heterocycles. The standard InChI is InChI=1S/C16H23N5O3S/c1-20-9-16(24-15(20)23)6-2-7-21(10-16)8-5-12(22)17-14-19-18-13(25-14)11-3-4-11/h11H,2-10H2,1H3,(H,17,19,22). The second kappa shape index (κ2) is 6.53. The molecule has 3 fully saturated rings. The molecule has 1 spiro atoms. The molecule has 2 aliphatic heterocycles. The number of carbonyl (C=O) groups is 2. The van der Waals surface area contributed by atoms with Gasteiger partial charge in [0.25, 0.3) is 0 Å². The number of carbonyl (C=O) groups excluding carboxylic acids is 2. The van der Waals surface area contributed by atoms with E-state index in [4.69, 9.17) is 4.74 Å². The van der Waals surface area contributed by atoms with E-state index in [0.29, 0.717) is 37.1 Å². The van der Waals surface area contributed by atoms with Crippen molar-refractivity contribution < 1.29 is 14.3 Å². The summed E-state index contributed by atoms with van der Waals surface area (Å²) in [6, 6.07) is 0. The van der Waals surface area contributed by atoms with Crippen molar-refractivity contribution in [3.8, 4) is 0 Å². The summed E-state index contributed by atoms with van der Waals surface area (Å²) >= 11 is 1.48. The fourth-order valence-electron chi connectivity index (χ4n) is 3.61. The molecule has 0 aromatic carbocycles. The average Bonchev–Trinajstić information content (AvgIpc) is 3.26. The van der Waals surface area contributed by atoms with Crippen LogP contribution in [0.5, 0.6) is 0 Å². The van der Waals surface area contributed by atoms with E-state index in [-0.39, 0.29) is 12.0 Å². The first-order chi connectivity index (χ1) is 12.0. The Kier molecular flexibility index (Phi) is 4.36. The fourth-order valence-corrected chi connectivity index (χ4v) is 4.54. The number of ether oxygens (including phenoxy) is 1. The van der Waals surface area contributed by atoms with Crippen LogP contribution in [0, 0.1) is 0 Å². The molecule has 1 unspecified atom stereocenters. The molecule has 3 aliphatic rings. The Morgan fingerprint density at radius 2 is 2.24 bits per heavy atom. The van der Waals surface area contributed by atoms with E-state index in [1.54, 1.807) is 11.9 Å². The maximum atomic E-state index is 12.2. The van der Waals surface area contributed by atoms with Gasteiger partial charge in [-0.15, -0.1) is 10.2 Å². The predicted molar refractivity (Wildman–Crippen MR) is 92.6 cm³/mol. The zero-order valence-corrected chi connectivity index (χ0v) is 15.2. The Labute approximate surface area is 150 Å². The van der Waals surface area contributed by atoms with E-state index in [0.717, 1.165) is 24.4 Å². The first-order valence-electron chi connectivity index (χ1n) is 8.83. The van der Waals surface area contributed by atoms with Crippen LogP contribution in [-0.4, -0.2) is 70.8 Å². The first kappa shape index (κ1) is 16.7. The first-order valence-corrected chi connectivity index (χ1v) is 9.64. The SMILES string of the molecule is CN1CC2(CCCN(CCC(=O)Nc3nnc(C4CC4)s3)C2)OC1=O. The number of amides is 2. The molecule has 8 nitrogen and oxygen atoms in total. The second-order valence-electron chi connectivity index (χ2n) is 7.30. The maximum Gasteiger partial charge on any atom is 0.410 e. The van der Waals surface area contributed by atoms with Crippen molar-refractivity contribution in [2.45, 2.75) is 43.6 Å². The highest BCUT2D eigenvalue weighted by atomic mass is 32.1. The number of anilines is 1. The van der Waals surface area contributed by atoms with Crippen molar-refractivity contribution in [2.75, 3.05) is 38.5 Å². The number of nitrogens with one attached hydrogen (secondary N) is 1. The van der Waals surface area contributed by atoms with Crippen LogP contribution >= 0.6 is 11.3 Å². The highest BCUT2D eigenvalue weighted by molar-refractivity contribution is 7.15. The average molecular weight is 365 g/mol. The lowest BCUT2D eigenvalue weighted by Gasteiger charge is -2.38. The molecule has 1 saturated carbocycles. The van der Waals surface area contributed by atoms with Gasteiger partial charge in [-0.1, -0.05) is 11.3 Å². The predicted octanol–water partition coefficient (Wildman–Crippen LogP) is 1.66. The number of nitrogens with zero attached hydrogens (tertiary/aromatic N) is 4. The molecule has 4 rings (SSSR count). The molecule has 2 amide bonds. The third-order valence-electron chi connectivity index (χ3n) is 5.03. The number of aromatic nitrogens is 2. The molecule has 25 heavy (non-hydrogen) atoms. The molecule has 1 aromatic rings. The van der Waals surface area contributed by atoms with Crippen LogP contribution in [0.4, 0.5) is 9.93 Å². The molecule has 1 N–H and O–H groups in total. The van der Waals surface area contributed by atoms with E-state index in [2.05, 4.69) is 20.4 Å². The Morgan fingerprint density at radius 3 is 2.96 bits per heavy atom. The summed E-state index contributed by atoms with van der Waals surface area (Å²) in [7, 11) is 1.77.